The van der Waals surface area contributed by atoms with Crippen molar-refractivity contribution >= 4 is 43.7 Å². The predicted octanol–water partition coefficient (Wildman–Crippen LogP) is 4.39. The number of hydrogen-bond donors (Lipinski definition) is 1. The molecule has 1 N–H and O–H groups in total. The summed E-state index contributed by atoms with van der Waals surface area (Å²) in [5, 5.41) is 10.6. The molecule has 1 aromatic heterocycles. The van der Waals surface area contributed by atoms with Gasteiger partial charge in [-0.25, -0.2) is 17.2 Å². The van der Waals surface area contributed by atoms with Crippen molar-refractivity contribution in [2.45, 2.75) is 12.6 Å². The highest BCUT2D eigenvalue weighted by molar-refractivity contribution is 8.02. The zero-order valence-corrected chi connectivity index (χ0v) is 18.8. The summed E-state index contributed by atoms with van der Waals surface area (Å²) in [5.41, 5.74) is -3.59. The van der Waals surface area contributed by atoms with Crippen LogP contribution in [-0.2, 0) is 20.9 Å². The molecular formula is C20H17ClF5N3O4S. The third-order valence-corrected chi connectivity index (χ3v) is 7.38. The van der Waals surface area contributed by atoms with E-state index in [1.165, 1.54) is 11.0 Å². The Morgan fingerprint density at radius 3 is 2.47 bits per heavy atom. The number of halogens is 6. The van der Waals surface area contributed by atoms with E-state index in [1.807, 2.05) is 0 Å². The van der Waals surface area contributed by atoms with Crippen LogP contribution in [-0.4, -0.2) is 57.8 Å². The number of benzene rings is 1. The lowest BCUT2D eigenvalue weighted by Crippen LogP contribution is -2.40. The van der Waals surface area contributed by atoms with Gasteiger partial charge in [0.2, 0.25) is 0 Å². The number of rotatable bonds is 4. The average Bonchev–Trinajstić information content (AvgIpc) is 2.76. The molecule has 1 saturated heterocycles. The molecule has 3 heterocycles. The molecule has 0 amide bonds. The lowest BCUT2D eigenvalue weighted by Gasteiger charge is -2.34. The van der Waals surface area contributed by atoms with Gasteiger partial charge in [0, 0.05) is 29.9 Å². The molecule has 4 rings (SSSR count). The van der Waals surface area contributed by atoms with E-state index in [1.54, 1.807) is 0 Å². The Morgan fingerprint density at radius 2 is 1.85 bits per heavy atom. The third-order valence-electron chi connectivity index (χ3n) is 5.31. The van der Waals surface area contributed by atoms with E-state index >= 15 is 0 Å². The first kappa shape index (κ1) is 24.5. The minimum Gasteiger partial charge on any atom is -0.504 e. The van der Waals surface area contributed by atoms with Gasteiger partial charge in [0.15, 0.2) is 5.76 Å². The Bertz CT molecular complexity index is 1250. The molecule has 2 aliphatic rings. The van der Waals surface area contributed by atoms with Crippen molar-refractivity contribution < 1.29 is 40.2 Å². The fraction of sp³-hybridized carbons (Fsp3) is 0.350. The number of aliphatic hydroxyl groups is 1. The van der Waals surface area contributed by atoms with Gasteiger partial charge in [-0.1, -0.05) is 11.6 Å². The van der Waals surface area contributed by atoms with Crippen LogP contribution >= 0.6 is 11.6 Å². The maximum Gasteiger partial charge on any atom is 0.419 e. The normalized spacial score (nSPS) is 18.4. The first-order chi connectivity index (χ1) is 15.9. The molecular weight excluding hydrogens is 509 g/mol. The summed E-state index contributed by atoms with van der Waals surface area (Å²) < 4.78 is 102. The molecule has 1 fully saturated rings. The van der Waals surface area contributed by atoms with Crippen LogP contribution in [0, 0.1) is 0 Å². The molecule has 0 radical (unpaired) electrons. The fourth-order valence-electron chi connectivity index (χ4n) is 3.96. The maximum atomic E-state index is 14.4. The standard InChI is InChI=1S/C20H17ClF5N3O4S/c21-11-8-12(16(20(24,25)26)14(9-11)28-4-6-33-7-5-28)19-18(30)17-13(2-1-3-27-17)29(10-15(22)23)34(19,31)32/h1-3,8-9,15,30H,4-7,10H2. The van der Waals surface area contributed by atoms with Gasteiger partial charge < -0.3 is 14.7 Å². The van der Waals surface area contributed by atoms with Crippen molar-refractivity contribution in [3.8, 4) is 0 Å². The van der Waals surface area contributed by atoms with Crippen molar-refractivity contribution in [1.82, 2.24) is 4.98 Å². The Morgan fingerprint density at radius 1 is 1.18 bits per heavy atom. The molecule has 184 valence electrons. The number of morpholine rings is 1. The molecule has 34 heavy (non-hydrogen) atoms. The summed E-state index contributed by atoms with van der Waals surface area (Å²) in [6.07, 6.45) is -7.10. The summed E-state index contributed by atoms with van der Waals surface area (Å²) in [6.45, 7) is -0.948. The average molecular weight is 526 g/mol. The van der Waals surface area contributed by atoms with Gasteiger partial charge in [0.25, 0.3) is 16.4 Å². The zero-order valence-electron chi connectivity index (χ0n) is 17.2. The third kappa shape index (κ3) is 4.27. The summed E-state index contributed by atoms with van der Waals surface area (Å²) in [6, 6.07) is 4.15. The second-order valence-electron chi connectivity index (χ2n) is 7.42. The topological polar surface area (TPSA) is 83.0 Å². The SMILES string of the molecule is O=S1(=O)C(c2cc(Cl)cc(N3CCOCC3)c2C(F)(F)F)=C(O)c2ncccc2N1CC(F)F. The van der Waals surface area contributed by atoms with Gasteiger partial charge in [0.05, 0.1) is 36.7 Å². The Labute approximate surface area is 196 Å². The largest absolute Gasteiger partial charge is 0.504 e. The van der Waals surface area contributed by atoms with Gasteiger partial charge in [0.1, 0.15) is 10.6 Å². The number of aliphatic hydroxyl groups excluding tert-OH is 1. The smallest absolute Gasteiger partial charge is 0.419 e. The van der Waals surface area contributed by atoms with Gasteiger partial charge in [-0.2, -0.15) is 13.2 Å². The van der Waals surface area contributed by atoms with Crippen LogP contribution < -0.4 is 9.21 Å². The minimum atomic E-state index is -5.09. The van der Waals surface area contributed by atoms with Crippen LogP contribution in [0.25, 0.3) is 10.7 Å². The van der Waals surface area contributed by atoms with Crippen molar-refractivity contribution in [2.75, 3.05) is 42.1 Å². The Kier molecular flexibility index (Phi) is 6.38. The highest BCUT2D eigenvalue weighted by Gasteiger charge is 2.46. The van der Waals surface area contributed by atoms with E-state index < -0.39 is 62.3 Å². The van der Waals surface area contributed by atoms with Crippen LogP contribution in [0.15, 0.2) is 30.5 Å². The van der Waals surface area contributed by atoms with Gasteiger partial charge in [-0.15, -0.1) is 0 Å². The number of hydrogen-bond acceptors (Lipinski definition) is 6. The van der Waals surface area contributed by atoms with E-state index in [4.69, 9.17) is 16.3 Å². The first-order valence-corrected chi connectivity index (χ1v) is 11.7. The second-order valence-corrected chi connectivity index (χ2v) is 9.66. The molecule has 0 saturated carbocycles. The lowest BCUT2D eigenvalue weighted by atomic mass is 10.0. The number of fused-ring (bicyclic) bond motifs is 1. The minimum absolute atomic E-state index is 0.0720. The Hall–Kier alpha value is -2.64. The molecule has 0 aliphatic carbocycles. The molecule has 0 unspecified atom stereocenters. The molecule has 0 atom stereocenters. The summed E-state index contributed by atoms with van der Waals surface area (Å²) >= 11 is 6.10. The molecule has 0 bridgehead atoms. The number of pyridine rings is 1. The molecule has 1 aromatic carbocycles. The van der Waals surface area contributed by atoms with Crippen LogP contribution in [0.4, 0.5) is 33.3 Å². The van der Waals surface area contributed by atoms with Crippen molar-refractivity contribution in [2.24, 2.45) is 0 Å². The van der Waals surface area contributed by atoms with E-state index in [2.05, 4.69) is 4.98 Å². The maximum absolute atomic E-state index is 14.4. The predicted molar refractivity (Wildman–Crippen MR) is 115 cm³/mol. The summed E-state index contributed by atoms with van der Waals surface area (Å²) in [7, 11) is -5.08. The summed E-state index contributed by atoms with van der Waals surface area (Å²) in [4.78, 5) is 3.95. The molecule has 14 heteroatoms. The van der Waals surface area contributed by atoms with Crippen LogP contribution in [0.2, 0.25) is 5.02 Å². The van der Waals surface area contributed by atoms with Crippen molar-refractivity contribution in [3.05, 3.63) is 52.3 Å². The van der Waals surface area contributed by atoms with Crippen LogP contribution in [0.5, 0.6) is 0 Å². The van der Waals surface area contributed by atoms with E-state index in [9.17, 15) is 35.5 Å². The van der Waals surface area contributed by atoms with Crippen LogP contribution in [0.1, 0.15) is 16.8 Å². The number of nitrogens with zero attached hydrogens (tertiary/aromatic N) is 3. The van der Waals surface area contributed by atoms with E-state index in [-0.39, 0.29) is 41.3 Å². The molecule has 7 nitrogen and oxygen atoms in total. The number of sulfonamides is 1. The number of ether oxygens (including phenoxy) is 1. The van der Waals surface area contributed by atoms with Crippen molar-refractivity contribution in [3.63, 3.8) is 0 Å². The number of aromatic nitrogens is 1. The molecule has 0 spiro atoms. The highest BCUT2D eigenvalue weighted by atomic mass is 35.5. The van der Waals surface area contributed by atoms with Gasteiger partial charge in [-0.05, 0) is 24.3 Å². The van der Waals surface area contributed by atoms with Crippen LogP contribution in [0.3, 0.4) is 0 Å². The van der Waals surface area contributed by atoms with E-state index in [0.29, 0.717) is 0 Å². The Balaban J connectivity index is 2.06. The van der Waals surface area contributed by atoms with Crippen molar-refractivity contribution in [1.29, 1.82) is 0 Å². The first-order valence-electron chi connectivity index (χ1n) is 9.86. The monoisotopic (exact) mass is 525 g/mol. The number of alkyl halides is 5. The summed E-state index contributed by atoms with van der Waals surface area (Å²) in [5.74, 6) is -1.10. The van der Waals surface area contributed by atoms with Gasteiger partial charge in [-0.3, -0.25) is 9.29 Å². The highest BCUT2D eigenvalue weighted by Crippen LogP contribution is 2.49. The quantitative estimate of drug-likeness (QED) is 0.596. The van der Waals surface area contributed by atoms with E-state index in [0.717, 1.165) is 24.4 Å². The zero-order chi connectivity index (χ0) is 24.8. The fourth-order valence-corrected chi connectivity index (χ4v) is 5.89. The molecule has 2 aromatic rings. The lowest BCUT2D eigenvalue weighted by molar-refractivity contribution is -0.137. The second kappa shape index (κ2) is 8.86. The van der Waals surface area contributed by atoms with Gasteiger partial charge >= 0.3 is 6.18 Å². The number of anilines is 2. The molecule has 2 aliphatic heterocycles.